The van der Waals surface area contributed by atoms with Gasteiger partial charge in [-0.25, -0.2) is 0 Å². The lowest BCUT2D eigenvalue weighted by Crippen LogP contribution is -2.22. The normalized spacial score (nSPS) is 16.1. The van der Waals surface area contributed by atoms with Crippen molar-refractivity contribution in [3.05, 3.63) is 47.8 Å². The monoisotopic (exact) mass is 271 g/mol. The van der Waals surface area contributed by atoms with Crippen LogP contribution in [0.3, 0.4) is 0 Å². The van der Waals surface area contributed by atoms with Gasteiger partial charge in [0.05, 0.1) is 17.8 Å². The molecular formula is C16H21N3O. The van der Waals surface area contributed by atoms with Crippen molar-refractivity contribution in [2.45, 2.75) is 31.9 Å². The van der Waals surface area contributed by atoms with Gasteiger partial charge in [-0.05, 0) is 43.1 Å². The average molecular weight is 271 g/mol. The number of nitrogens with zero attached hydrogens (tertiary/aromatic N) is 2. The van der Waals surface area contributed by atoms with Crippen LogP contribution < -0.4 is 10.1 Å². The maximum absolute atomic E-state index is 5.88. The van der Waals surface area contributed by atoms with Gasteiger partial charge in [0, 0.05) is 13.2 Å². The van der Waals surface area contributed by atoms with Crippen LogP contribution in [0.5, 0.6) is 5.75 Å². The minimum absolute atomic E-state index is 0.115. The second kappa shape index (κ2) is 5.67. The lowest BCUT2D eigenvalue weighted by molar-refractivity contribution is 0.302. The largest absolute Gasteiger partial charge is 0.490 e. The number of ether oxygens (including phenoxy) is 1. The first-order valence-corrected chi connectivity index (χ1v) is 7.26. The van der Waals surface area contributed by atoms with E-state index in [1.807, 2.05) is 24.0 Å². The lowest BCUT2D eigenvalue weighted by atomic mass is 10.0. The molecule has 1 aliphatic rings. The van der Waals surface area contributed by atoms with Gasteiger partial charge in [-0.15, -0.1) is 0 Å². The van der Waals surface area contributed by atoms with Crippen molar-refractivity contribution in [1.82, 2.24) is 15.1 Å². The topological polar surface area (TPSA) is 39.1 Å². The van der Waals surface area contributed by atoms with Crippen LogP contribution in [0.25, 0.3) is 0 Å². The smallest absolute Gasteiger partial charge is 0.120 e. The molecule has 20 heavy (non-hydrogen) atoms. The highest BCUT2D eigenvalue weighted by molar-refractivity contribution is 5.34. The first-order valence-electron chi connectivity index (χ1n) is 7.26. The fraction of sp³-hybridized carbons (Fsp3) is 0.438. The Kier molecular flexibility index (Phi) is 3.74. The molecule has 4 heteroatoms. The number of aromatic nitrogens is 2. The highest BCUT2D eigenvalue weighted by atomic mass is 16.5. The summed E-state index contributed by atoms with van der Waals surface area (Å²) in [6.45, 7) is 3.01. The summed E-state index contributed by atoms with van der Waals surface area (Å²) in [4.78, 5) is 0. The van der Waals surface area contributed by atoms with Gasteiger partial charge < -0.3 is 10.1 Å². The SMILES string of the molecule is CCNC(c1cccc(OC2CC2)c1)c1ccn(C)n1. The third kappa shape index (κ3) is 3.02. The van der Waals surface area contributed by atoms with Crippen molar-refractivity contribution < 1.29 is 4.74 Å². The molecule has 1 aromatic heterocycles. The van der Waals surface area contributed by atoms with Crippen LogP contribution in [0.1, 0.15) is 37.1 Å². The summed E-state index contributed by atoms with van der Waals surface area (Å²) < 4.78 is 7.72. The summed E-state index contributed by atoms with van der Waals surface area (Å²) in [5.41, 5.74) is 2.24. The maximum atomic E-state index is 5.88. The van der Waals surface area contributed by atoms with Gasteiger partial charge in [-0.2, -0.15) is 5.10 Å². The van der Waals surface area contributed by atoms with Crippen LogP contribution in [0.15, 0.2) is 36.5 Å². The molecule has 1 heterocycles. The van der Waals surface area contributed by atoms with E-state index in [1.165, 1.54) is 18.4 Å². The average Bonchev–Trinajstić information content (AvgIpc) is 3.16. The number of nitrogens with one attached hydrogen (secondary N) is 1. The van der Waals surface area contributed by atoms with E-state index in [1.54, 1.807) is 0 Å². The van der Waals surface area contributed by atoms with E-state index in [2.05, 4.69) is 41.6 Å². The fourth-order valence-corrected chi connectivity index (χ4v) is 2.33. The Morgan fingerprint density at radius 1 is 1.40 bits per heavy atom. The van der Waals surface area contributed by atoms with E-state index in [4.69, 9.17) is 4.74 Å². The van der Waals surface area contributed by atoms with E-state index in [-0.39, 0.29) is 6.04 Å². The predicted octanol–water partition coefficient (Wildman–Crippen LogP) is 2.66. The zero-order chi connectivity index (χ0) is 13.9. The van der Waals surface area contributed by atoms with Gasteiger partial charge in [0.25, 0.3) is 0 Å². The second-order valence-electron chi connectivity index (χ2n) is 5.29. The molecule has 0 amide bonds. The Hall–Kier alpha value is -1.81. The Bertz CT molecular complexity index is 575. The number of hydrogen-bond acceptors (Lipinski definition) is 3. The number of hydrogen-bond donors (Lipinski definition) is 1. The van der Waals surface area contributed by atoms with Gasteiger partial charge in [0.1, 0.15) is 5.75 Å². The molecule has 1 atom stereocenters. The van der Waals surface area contributed by atoms with Crippen LogP contribution in [-0.4, -0.2) is 22.4 Å². The quantitative estimate of drug-likeness (QED) is 0.878. The van der Waals surface area contributed by atoms with Gasteiger partial charge in [0.15, 0.2) is 0 Å². The summed E-state index contributed by atoms with van der Waals surface area (Å²) in [6, 6.07) is 10.5. The summed E-state index contributed by atoms with van der Waals surface area (Å²) in [5.74, 6) is 0.962. The van der Waals surface area contributed by atoms with Gasteiger partial charge in [0.2, 0.25) is 0 Å². The Morgan fingerprint density at radius 3 is 2.90 bits per heavy atom. The third-order valence-corrected chi connectivity index (χ3v) is 3.46. The molecule has 0 radical (unpaired) electrons. The van der Waals surface area contributed by atoms with Gasteiger partial charge >= 0.3 is 0 Å². The van der Waals surface area contributed by atoms with E-state index in [9.17, 15) is 0 Å². The van der Waals surface area contributed by atoms with Gasteiger partial charge in [-0.1, -0.05) is 19.1 Å². The summed E-state index contributed by atoms with van der Waals surface area (Å²) in [7, 11) is 1.94. The van der Waals surface area contributed by atoms with Crippen LogP contribution in [0.4, 0.5) is 0 Å². The molecule has 1 N–H and O–H groups in total. The van der Waals surface area contributed by atoms with Gasteiger partial charge in [-0.3, -0.25) is 4.68 Å². The third-order valence-electron chi connectivity index (χ3n) is 3.46. The zero-order valence-corrected chi connectivity index (χ0v) is 12.0. The molecule has 1 unspecified atom stereocenters. The summed E-state index contributed by atoms with van der Waals surface area (Å²) in [6.07, 6.45) is 4.77. The highest BCUT2D eigenvalue weighted by Gasteiger charge is 2.24. The molecule has 1 aromatic carbocycles. The molecule has 0 saturated heterocycles. The van der Waals surface area contributed by atoms with Crippen LogP contribution in [-0.2, 0) is 7.05 Å². The van der Waals surface area contributed by atoms with Crippen molar-refractivity contribution in [3.8, 4) is 5.75 Å². The van der Waals surface area contributed by atoms with E-state index >= 15 is 0 Å². The van der Waals surface area contributed by atoms with E-state index < -0.39 is 0 Å². The lowest BCUT2D eigenvalue weighted by Gasteiger charge is -2.17. The molecule has 4 nitrogen and oxygen atoms in total. The zero-order valence-electron chi connectivity index (χ0n) is 12.0. The molecule has 3 rings (SSSR count). The maximum Gasteiger partial charge on any atom is 0.120 e. The molecule has 1 saturated carbocycles. The standard InChI is InChI=1S/C16H21N3O/c1-3-17-16(15-9-10-19(2)18-15)12-5-4-6-14(11-12)20-13-7-8-13/h4-6,9-11,13,16-17H,3,7-8H2,1-2H3. The second-order valence-corrected chi connectivity index (χ2v) is 5.29. The summed E-state index contributed by atoms with van der Waals surface area (Å²) >= 11 is 0. The predicted molar refractivity (Wildman–Crippen MR) is 78.8 cm³/mol. The first kappa shape index (κ1) is 13.2. The molecule has 0 bridgehead atoms. The minimum Gasteiger partial charge on any atom is -0.490 e. The molecule has 1 fully saturated rings. The molecule has 0 spiro atoms. The molecule has 1 aliphatic carbocycles. The van der Waals surface area contributed by atoms with Crippen LogP contribution in [0, 0.1) is 0 Å². The Labute approximate surface area is 119 Å². The van der Waals surface area contributed by atoms with Crippen molar-refractivity contribution in [2.75, 3.05) is 6.54 Å². The minimum atomic E-state index is 0.115. The van der Waals surface area contributed by atoms with Crippen LogP contribution in [0.2, 0.25) is 0 Å². The molecular weight excluding hydrogens is 250 g/mol. The number of aryl methyl sites for hydroxylation is 1. The Morgan fingerprint density at radius 2 is 2.25 bits per heavy atom. The van der Waals surface area contributed by atoms with Crippen molar-refractivity contribution in [1.29, 1.82) is 0 Å². The molecule has 106 valence electrons. The number of benzene rings is 1. The van der Waals surface area contributed by atoms with Crippen molar-refractivity contribution >= 4 is 0 Å². The fourth-order valence-electron chi connectivity index (χ4n) is 2.33. The first-order chi connectivity index (χ1) is 9.76. The molecule has 0 aliphatic heterocycles. The number of rotatable bonds is 6. The summed E-state index contributed by atoms with van der Waals surface area (Å²) in [5, 5.41) is 8.02. The van der Waals surface area contributed by atoms with Crippen LogP contribution >= 0.6 is 0 Å². The van der Waals surface area contributed by atoms with Crippen molar-refractivity contribution in [3.63, 3.8) is 0 Å². The Balaban J connectivity index is 1.86. The van der Waals surface area contributed by atoms with Crippen molar-refractivity contribution in [2.24, 2.45) is 7.05 Å². The highest BCUT2D eigenvalue weighted by Crippen LogP contribution is 2.29. The van der Waals surface area contributed by atoms with E-state index in [0.717, 1.165) is 18.0 Å². The van der Waals surface area contributed by atoms with E-state index in [0.29, 0.717) is 6.10 Å². The molecule has 2 aromatic rings.